The molecule has 0 aliphatic carbocycles. The monoisotopic (exact) mass is 519 g/mol. The first-order chi connectivity index (χ1) is 17.5. The van der Waals surface area contributed by atoms with Crippen LogP contribution in [0.15, 0.2) is 66.9 Å². The molecule has 37 heavy (non-hydrogen) atoms. The number of pyridine rings is 1. The lowest BCUT2D eigenvalue weighted by Gasteiger charge is -2.34. The molecule has 1 fully saturated rings. The van der Waals surface area contributed by atoms with Gasteiger partial charge in [-0.1, -0.05) is 30.4 Å². The van der Waals surface area contributed by atoms with Gasteiger partial charge in [0.2, 0.25) is 5.95 Å². The average Bonchev–Trinajstić information content (AvgIpc) is 3.31. The summed E-state index contributed by atoms with van der Waals surface area (Å²) >= 11 is 0. The Hall–Kier alpha value is -3.73. The van der Waals surface area contributed by atoms with Crippen LogP contribution in [0.25, 0.3) is 17.8 Å². The first-order valence-electron chi connectivity index (χ1n) is 12.0. The van der Waals surface area contributed by atoms with Crippen molar-refractivity contribution in [2.24, 2.45) is 0 Å². The van der Waals surface area contributed by atoms with Gasteiger partial charge >= 0.3 is 0 Å². The SMILES string of the molecule is CN1CCN(c2ccc(Nc3nc4c(/C=C/c5ccccc5N(C)S(C)=O)cccn4n3)cc2)CC1.O. The van der Waals surface area contributed by atoms with Gasteiger partial charge in [0.15, 0.2) is 5.65 Å². The maximum absolute atomic E-state index is 12.0. The van der Waals surface area contributed by atoms with E-state index in [-0.39, 0.29) is 5.48 Å². The summed E-state index contributed by atoms with van der Waals surface area (Å²) in [5, 5.41) is 7.94. The molecule has 194 valence electrons. The van der Waals surface area contributed by atoms with E-state index in [1.165, 1.54) is 5.69 Å². The van der Waals surface area contributed by atoms with Gasteiger partial charge < -0.3 is 20.6 Å². The highest BCUT2D eigenvalue weighted by molar-refractivity contribution is 7.85. The van der Waals surface area contributed by atoms with Crippen molar-refractivity contribution in [1.82, 2.24) is 19.5 Å². The van der Waals surface area contributed by atoms with Crippen LogP contribution in [-0.4, -0.2) is 75.7 Å². The van der Waals surface area contributed by atoms with Gasteiger partial charge in [0, 0.05) is 62.6 Å². The van der Waals surface area contributed by atoms with Gasteiger partial charge in [0.25, 0.3) is 0 Å². The summed E-state index contributed by atoms with van der Waals surface area (Å²) in [5.41, 5.74) is 5.78. The summed E-state index contributed by atoms with van der Waals surface area (Å²) < 4.78 is 15.5. The third-order valence-corrected chi connectivity index (χ3v) is 7.46. The normalized spacial score (nSPS) is 15.1. The first-order valence-corrected chi connectivity index (χ1v) is 13.5. The van der Waals surface area contributed by atoms with E-state index in [4.69, 9.17) is 4.98 Å². The number of rotatable bonds is 7. The highest BCUT2D eigenvalue weighted by Crippen LogP contribution is 2.24. The van der Waals surface area contributed by atoms with Crippen molar-refractivity contribution in [2.75, 3.05) is 61.1 Å². The number of nitrogens with zero attached hydrogens (tertiary/aromatic N) is 6. The number of anilines is 4. The number of likely N-dealkylation sites (N-methyl/N-ethyl adjacent to an activating group) is 1. The van der Waals surface area contributed by atoms with E-state index in [0.717, 1.165) is 54.3 Å². The van der Waals surface area contributed by atoms with Gasteiger partial charge in [-0.05, 0) is 55.1 Å². The van der Waals surface area contributed by atoms with Crippen molar-refractivity contribution in [1.29, 1.82) is 0 Å². The molecule has 1 saturated heterocycles. The zero-order chi connectivity index (χ0) is 25.1. The molecular weight excluding hydrogens is 486 g/mol. The number of hydrogen-bond donors (Lipinski definition) is 1. The van der Waals surface area contributed by atoms with E-state index in [0.29, 0.717) is 5.95 Å². The van der Waals surface area contributed by atoms with Crippen LogP contribution in [0.3, 0.4) is 0 Å². The maximum Gasteiger partial charge on any atom is 0.247 e. The quantitative estimate of drug-likeness (QED) is 0.402. The third-order valence-electron chi connectivity index (χ3n) is 6.49. The van der Waals surface area contributed by atoms with E-state index in [1.54, 1.807) is 15.1 Å². The number of nitrogens with one attached hydrogen (secondary N) is 1. The molecule has 1 unspecified atom stereocenters. The molecule has 10 heteroatoms. The zero-order valence-electron chi connectivity index (χ0n) is 21.3. The van der Waals surface area contributed by atoms with Crippen LogP contribution in [0.1, 0.15) is 11.1 Å². The minimum atomic E-state index is -1.10. The van der Waals surface area contributed by atoms with Crippen molar-refractivity contribution >= 4 is 51.8 Å². The summed E-state index contributed by atoms with van der Waals surface area (Å²) in [6.07, 6.45) is 7.60. The second-order valence-electron chi connectivity index (χ2n) is 8.94. The Morgan fingerprint density at radius 2 is 1.62 bits per heavy atom. The summed E-state index contributed by atoms with van der Waals surface area (Å²) in [5.74, 6) is 0.546. The highest BCUT2D eigenvalue weighted by atomic mass is 32.2. The number of aromatic nitrogens is 3. The molecule has 0 bridgehead atoms. The first kappa shape index (κ1) is 26.3. The molecule has 2 aromatic carbocycles. The number of para-hydroxylation sites is 1. The van der Waals surface area contributed by atoms with E-state index < -0.39 is 11.0 Å². The Bertz CT molecular complexity index is 1400. The minimum Gasteiger partial charge on any atom is -0.412 e. The van der Waals surface area contributed by atoms with Crippen molar-refractivity contribution in [2.45, 2.75) is 0 Å². The standard InChI is InChI=1S/C27H31N7OS.H2O/c1-31-17-19-33(20-18-31)24-14-12-23(13-15-24)28-27-29-26-22(8-6-16-34(26)30-27)11-10-21-7-4-5-9-25(21)32(2)36(3)35;/h4-16H,17-20H2,1-3H3,(H,28,30);1H2/b11-10+;. The van der Waals surface area contributed by atoms with Gasteiger partial charge in [-0.3, -0.25) is 4.31 Å². The van der Waals surface area contributed by atoms with Crippen LogP contribution in [0.5, 0.6) is 0 Å². The van der Waals surface area contributed by atoms with Gasteiger partial charge in [-0.2, -0.15) is 4.98 Å². The summed E-state index contributed by atoms with van der Waals surface area (Å²) in [6.45, 7) is 4.26. The number of hydrogen-bond acceptors (Lipinski definition) is 6. The average molecular weight is 520 g/mol. The second kappa shape index (κ2) is 11.5. The predicted molar refractivity (Wildman–Crippen MR) is 154 cm³/mol. The summed E-state index contributed by atoms with van der Waals surface area (Å²) in [6, 6.07) is 20.3. The van der Waals surface area contributed by atoms with Crippen molar-refractivity contribution in [3.8, 4) is 0 Å². The van der Waals surface area contributed by atoms with Crippen molar-refractivity contribution < 1.29 is 9.69 Å². The predicted octanol–water partition coefficient (Wildman–Crippen LogP) is 3.30. The molecule has 1 aliphatic rings. The maximum atomic E-state index is 12.0. The number of benzene rings is 2. The molecular formula is C27H33N7O2S. The third kappa shape index (κ3) is 5.99. The molecule has 4 aromatic rings. The fourth-order valence-electron chi connectivity index (χ4n) is 4.29. The fourth-order valence-corrected chi connectivity index (χ4v) is 4.74. The van der Waals surface area contributed by atoms with Crippen LogP contribution in [0.4, 0.5) is 23.0 Å². The lowest BCUT2D eigenvalue weighted by atomic mass is 10.1. The molecule has 3 N–H and O–H groups in total. The minimum absolute atomic E-state index is 0. The highest BCUT2D eigenvalue weighted by Gasteiger charge is 2.14. The Balaban J connectivity index is 0.00000320. The Labute approximate surface area is 219 Å². The summed E-state index contributed by atoms with van der Waals surface area (Å²) in [4.78, 5) is 9.51. The van der Waals surface area contributed by atoms with Gasteiger partial charge in [-0.25, -0.2) is 8.72 Å². The van der Waals surface area contributed by atoms with Crippen LogP contribution < -0.4 is 14.5 Å². The van der Waals surface area contributed by atoms with Crippen molar-refractivity contribution in [3.63, 3.8) is 0 Å². The molecule has 0 radical (unpaired) electrons. The smallest absolute Gasteiger partial charge is 0.247 e. The molecule has 1 aliphatic heterocycles. The molecule has 9 nitrogen and oxygen atoms in total. The molecule has 0 spiro atoms. The van der Waals surface area contributed by atoms with Gasteiger partial charge in [0.1, 0.15) is 11.0 Å². The topological polar surface area (TPSA) is 101 Å². The Morgan fingerprint density at radius 3 is 2.35 bits per heavy atom. The molecule has 0 saturated carbocycles. The zero-order valence-corrected chi connectivity index (χ0v) is 22.2. The lowest BCUT2D eigenvalue weighted by molar-refractivity contribution is 0.313. The largest absolute Gasteiger partial charge is 0.412 e. The van der Waals surface area contributed by atoms with E-state index in [1.807, 2.05) is 61.8 Å². The Morgan fingerprint density at radius 1 is 0.946 bits per heavy atom. The number of fused-ring (bicyclic) bond motifs is 1. The second-order valence-corrected chi connectivity index (χ2v) is 10.3. The van der Waals surface area contributed by atoms with Crippen LogP contribution >= 0.6 is 0 Å². The van der Waals surface area contributed by atoms with E-state index in [9.17, 15) is 4.21 Å². The van der Waals surface area contributed by atoms with E-state index >= 15 is 0 Å². The number of piperazine rings is 1. The molecule has 2 aromatic heterocycles. The lowest BCUT2D eigenvalue weighted by Crippen LogP contribution is -2.44. The van der Waals surface area contributed by atoms with Crippen LogP contribution in [0.2, 0.25) is 0 Å². The van der Waals surface area contributed by atoms with Crippen LogP contribution in [0, 0.1) is 0 Å². The van der Waals surface area contributed by atoms with Gasteiger partial charge in [0.05, 0.1) is 5.69 Å². The van der Waals surface area contributed by atoms with Gasteiger partial charge in [-0.15, -0.1) is 5.10 Å². The summed E-state index contributed by atoms with van der Waals surface area (Å²) in [7, 11) is 2.90. The van der Waals surface area contributed by atoms with Crippen LogP contribution in [-0.2, 0) is 11.0 Å². The molecule has 3 heterocycles. The van der Waals surface area contributed by atoms with Crippen molar-refractivity contribution in [3.05, 3.63) is 78.0 Å². The molecule has 1 atom stereocenters. The molecule has 0 amide bonds. The Kier molecular flexibility index (Phi) is 8.22. The fraction of sp³-hybridized carbons (Fsp3) is 0.259. The molecule has 5 rings (SSSR count). The van der Waals surface area contributed by atoms with E-state index in [2.05, 4.69) is 51.5 Å².